The minimum Gasteiger partial charge on any atom is -0.311 e. The van der Waals surface area contributed by atoms with Crippen molar-refractivity contribution >= 4 is 125 Å². The van der Waals surface area contributed by atoms with E-state index in [9.17, 15) is 0 Å². The minimum atomic E-state index is 0.0791. The first-order chi connectivity index (χ1) is 34.8. The Morgan fingerprint density at radius 1 is 0.214 bits per heavy atom. The molecule has 11 aromatic rings. The Morgan fingerprint density at radius 3 is 1.00 bits per heavy atom. The third kappa shape index (κ3) is 5.68. The van der Waals surface area contributed by atoms with Gasteiger partial charge in [0.25, 0.3) is 13.4 Å². The smallest absolute Gasteiger partial charge is 0.252 e. The molecule has 0 unspecified atom stereocenters. The second-order valence-electron chi connectivity index (χ2n) is 18.8. The molecule has 0 atom stereocenters. The van der Waals surface area contributed by atoms with Gasteiger partial charge in [-0.05, 0) is 152 Å². The molecule has 0 radical (unpaired) electrons. The van der Waals surface area contributed by atoms with Gasteiger partial charge in [0, 0.05) is 68.2 Å². The SMILES string of the molecule is c1ccc(N2c3ccccc3B3c4ccccc4N(c4cccc(-c5cccc(N6c7ccccc7B7c8ccccc8N(c8ccc9ccccc9c8)c8cccc6c87)c5)c4)c4cccc2c43)cc1. The zero-order valence-corrected chi connectivity index (χ0v) is 38.2. The fourth-order valence-corrected chi connectivity index (χ4v) is 12.3. The van der Waals surface area contributed by atoms with E-state index in [2.05, 4.69) is 274 Å². The molecule has 4 aliphatic rings. The molecule has 324 valence electrons. The molecule has 0 spiro atoms. The molecule has 11 aromatic carbocycles. The summed E-state index contributed by atoms with van der Waals surface area (Å²) in [5, 5.41) is 2.47. The fraction of sp³-hybridized carbons (Fsp3) is 0. The fourth-order valence-electron chi connectivity index (χ4n) is 12.3. The highest BCUT2D eigenvalue weighted by molar-refractivity contribution is 7.01. The summed E-state index contributed by atoms with van der Waals surface area (Å²) in [5.41, 5.74) is 24.5. The van der Waals surface area contributed by atoms with Gasteiger partial charge in [-0.1, -0.05) is 158 Å². The van der Waals surface area contributed by atoms with E-state index in [1.54, 1.807) is 0 Å². The maximum atomic E-state index is 2.50. The number of para-hydroxylation sites is 5. The normalized spacial score (nSPS) is 13.5. The van der Waals surface area contributed by atoms with Crippen LogP contribution in [0.1, 0.15) is 0 Å². The number of nitrogens with zero attached hydrogens (tertiary/aromatic N) is 4. The lowest BCUT2D eigenvalue weighted by atomic mass is 9.33. The first-order valence-electron chi connectivity index (χ1n) is 24.3. The number of hydrogen-bond acceptors (Lipinski definition) is 4. The molecule has 0 fully saturated rings. The Labute approximate surface area is 408 Å². The molecule has 0 aliphatic carbocycles. The molecule has 4 aliphatic heterocycles. The molecule has 4 nitrogen and oxygen atoms in total. The Kier molecular flexibility index (Phi) is 8.51. The van der Waals surface area contributed by atoms with E-state index in [-0.39, 0.29) is 13.4 Å². The van der Waals surface area contributed by atoms with E-state index in [1.807, 2.05) is 0 Å². The van der Waals surface area contributed by atoms with Crippen LogP contribution in [0.4, 0.5) is 68.2 Å². The maximum Gasteiger partial charge on any atom is 0.252 e. The minimum absolute atomic E-state index is 0.0791. The molecule has 0 amide bonds. The van der Waals surface area contributed by atoms with Gasteiger partial charge < -0.3 is 19.6 Å². The van der Waals surface area contributed by atoms with Crippen molar-refractivity contribution in [2.75, 3.05) is 19.6 Å². The molecule has 15 rings (SSSR count). The Hall–Kier alpha value is -8.99. The largest absolute Gasteiger partial charge is 0.311 e. The topological polar surface area (TPSA) is 13.0 Å². The number of anilines is 12. The third-order valence-corrected chi connectivity index (χ3v) is 15.2. The highest BCUT2D eigenvalue weighted by Gasteiger charge is 2.44. The number of fused-ring (bicyclic) bond motifs is 9. The molecule has 0 saturated heterocycles. The predicted octanol–water partition coefficient (Wildman–Crippen LogP) is 12.7. The summed E-state index contributed by atoms with van der Waals surface area (Å²) in [6.07, 6.45) is 0. The van der Waals surface area contributed by atoms with Crippen LogP contribution in [0.15, 0.2) is 255 Å². The Bertz CT molecular complexity index is 3930. The van der Waals surface area contributed by atoms with E-state index < -0.39 is 0 Å². The van der Waals surface area contributed by atoms with Crippen molar-refractivity contribution in [1.29, 1.82) is 0 Å². The second kappa shape index (κ2) is 15.3. The van der Waals surface area contributed by atoms with Gasteiger partial charge in [0.1, 0.15) is 0 Å². The van der Waals surface area contributed by atoms with Crippen LogP contribution in [-0.2, 0) is 0 Å². The van der Waals surface area contributed by atoms with Crippen LogP contribution in [0.3, 0.4) is 0 Å². The number of rotatable bonds is 5. The van der Waals surface area contributed by atoms with Gasteiger partial charge in [-0.25, -0.2) is 0 Å². The summed E-state index contributed by atoms with van der Waals surface area (Å²) >= 11 is 0. The lowest BCUT2D eigenvalue weighted by Gasteiger charge is -2.44. The highest BCUT2D eigenvalue weighted by atomic mass is 15.2. The maximum absolute atomic E-state index is 2.50. The van der Waals surface area contributed by atoms with E-state index in [1.165, 1.54) is 89.0 Å². The van der Waals surface area contributed by atoms with Crippen molar-refractivity contribution in [3.63, 3.8) is 0 Å². The molecule has 0 aromatic heterocycles. The molecular formula is C64H42B2N4. The van der Waals surface area contributed by atoms with E-state index >= 15 is 0 Å². The van der Waals surface area contributed by atoms with Crippen molar-refractivity contribution in [1.82, 2.24) is 0 Å². The first-order valence-corrected chi connectivity index (χ1v) is 24.3. The monoisotopic (exact) mass is 888 g/mol. The summed E-state index contributed by atoms with van der Waals surface area (Å²) in [7, 11) is 0. The third-order valence-electron chi connectivity index (χ3n) is 15.2. The van der Waals surface area contributed by atoms with Crippen molar-refractivity contribution in [2.45, 2.75) is 0 Å². The lowest BCUT2D eigenvalue weighted by Crippen LogP contribution is -2.61. The van der Waals surface area contributed by atoms with Gasteiger partial charge in [-0.3, -0.25) is 0 Å². The van der Waals surface area contributed by atoms with Gasteiger partial charge in [-0.15, -0.1) is 0 Å². The van der Waals surface area contributed by atoms with Crippen LogP contribution < -0.4 is 52.4 Å². The molecule has 0 saturated carbocycles. The average molecular weight is 889 g/mol. The van der Waals surface area contributed by atoms with Gasteiger partial charge in [0.2, 0.25) is 0 Å². The van der Waals surface area contributed by atoms with Crippen LogP contribution in [0.2, 0.25) is 0 Å². The molecule has 4 heterocycles. The van der Waals surface area contributed by atoms with Gasteiger partial charge in [0.15, 0.2) is 0 Å². The van der Waals surface area contributed by atoms with Gasteiger partial charge in [-0.2, -0.15) is 0 Å². The van der Waals surface area contributed by atoms with Gasteiger partial charge >= 0.3 is 0 Å². The molecule has 0 N–H and O–H groups in total. The van der Waals surface area contributed by atoms with Crippen molar-refractivity contribution in [2.24, 2.45) is 0 Å². The zero-order valence-electron chi connectivity index (χ0n) is 38.2. The summed E-state index contributed by atoms with van der Waals surface area (Å²) in [6, 6.07) is 94.3. The van der Waals surface area contributed by atoms with Crippen LogP contribution in [0.5, 0.6) is 0 Å². The summed E-state index contributed by atoms with van der Waals surface area (Å²) < 4.78 is 0. The standard InChI is InChI=1S/C64H42B2N4/c1-2-22-47(23-3-1)67-55-30-10-6-26-51(55)65-52-27-7-11-31-56(52)68(60-35-16-34-59(67)63(60)65)48-24-14-20-45(41-48)46-21-15-25-49(42-46)69-57-32-12-8-28-53(57)66-54-29-9-13-33-58(54)70(62-37-17-36-61(69)64(62)66)50-39-38-43-18-4-5-19-44(43)40-50/h1-42H. The highest BCUT2D eigenvalue weighted by Crippen LogP contribution is 2.47. The van der Waals surface area contributed by atoms with E-state index in [0.717, 1.165) is 33.9 Å². The molecular weight excluding hydrogens is 846 g/mol. The second-order valence-corrected chi connectivity index (χ2v) is 18.8. The van der Waals surface area contributed by atoms with Gasteiger partial charge in [0.05, 0.1) is 0 Å². The Morgan fingerprint density at radius 2 is 0.543 bits per heavy atom. The van der Waals surface area contributed by atoms with Crippen LogP contribution in [0, 0.1) is 0 Å². The van der Waals surface area contributed by atoms with Crippen LogP contribution >= 0.6 is 0 Å². The zero-order chi connectivity index (χ0) is 45.9. The van der Waals surface area contributed by atoms with E-state index in [4.69, 9.17) is 0 Å². The lowest BCUT2D eigenvalue weighted by molar-refractivity contribution is 1.25. The van der Waals surface area contributed by atoms with Crippen molar-refractivity contribution in [3.05, 3.63) is 255 Å². The average Bonchev–Trinajstić information content (AvgIpc) is 3.43. The quantitative estimate of drug-likeness (QED) is 0.160. The van der Waals surface area contributed by atoms with Crippen molar-refractivity contribution in [3.8, 4) is 11.1 Å². The molecule has 0 bridgehead atoms. The Balaban J connectivity index is 0.866. The van der Waals surface area contributed by atoms with E-state index in [0.29, 0.717) is 0 Å². The number of hydrogen-bond donors (Lipinski definition) is 0. The summed E-state index contributed by atoms with van der Waals surface area (Å²) in [6.45, 7) is 0.175. The van der Waals surface area contributed by atoms with Crippen molar-refractivity contribution < 1.29 is 0 Å². The van der Waals surface area contributed by atoms with Crippen LogP contribution in [0.25, 0.3) is 21.9 Å². The first kappa shape index (κ1) is 39.0. The van der Waals surface area contributed by atoms with Crippen LogP contribution in [-0.4, -0.2) is 13.4 Å². The summed E-state index contributed by atoms with van der Waals surface area (Å²) in [5.74, 6) is 0. The summed E-state index contributed by atoms with van der Waals surface area (Å²) in [4.78, 5) is 9.92. The predicted molar refractivity (Wildman–Crippen MR) is 297 cm³/mol. The number of benzene rings is 11. The molecule has 6 heteroatoms. The molecule has 70 heavy (non-hydrogen) atoms.